The Labute approximate surface area is 194 Å². The fourth-order valence-electron chi connectivity index (χ4n) is 3.04. The largest absolute Gasteiger partial charge is 0.454 e. The molecule has 30 heavy (non-hydrogen) atoms. The summed E-state index contributed by atoms with van der Waals surface area (Å²) >= 11 is 0. The molecule has 2 aromatic carbocycles. The zero-order valence-corrected chi connectivity index (χ0v) is 19.7. The van der Waals surface area contributed by atoms with Crippen molar-refractivity contribution in [1.82, 2.24) is 10.6 Å². The molecule has 0 saturated carbocycles. The normalized spacial score (nSPS) is 12.1. The number of guanidine groups is 1. The highest BCUT2D eigenvalue weighted by atomic mass is 127. The first-order valence-corrected chi connectivity index (χ1v) is 9.89. The minimum Gasteiger partial charge on any atom is -0.454 e. The van der Waals surface area contributed by atoms with Gasteiger partial charge in [0.25, 0.3) is 0 Å². The molecule has 0 aromatic heterocycles. The number of rotatable bonds is 8. The number of carbonyl (C=O) groups is 1. The van der Waals surface area contributed by atoms with Gasteiger partial charge in [0.1, 0.15) is 0 Å². The first-order chi connectivity index (χ1) is 14.2. The second-order valence-corrected chi connectivity index (χ2v) is 6.79. The van der Waals surface area contributed by atoms with Crippen LogP contribution in [-0.4, -0.2) is 32.3 Å². The Hall–Kier alpha value is -2.49. The summed E-state index contributed by atoms with van der Waals surface area (Å²) in [7, 11) is 1.75. The average molecular weight is 524 g/mol. The van der Waals surface area contributed by atoms with Gasteiger partial charge in [0.2, 0.25) is 12.7 Å². The molecule has 3 rings (SSSR count). The van der Waals surface area contributed by atoms with Crippen LogP contribution in [0.25, 0.3) is 0 Å². The van der Waals surface area contributed by atoms with E-state index in [4.69, 9.17) is 9.47 Å². The van der Waals surface area contributed by atoms with Gasteiger partial charge in [-0.15, -0.1) is 24.0 Å². The zero-order chi connectivity index (χ0) is 20.5. The zero-order valence-electron chi connectivity index (χ0n) is 17.4. The SMILES string of the molecule is CCCC(=O)Nc1cccc(CNC(=NC)NCCc2ccc3c(c2)OCO3)c1.I. The Kier molecular flexibility index (Phi) is 9.72. The number of amides is 1. The summed E-state index contributed by atoms with van der Waals surface area (Å²) in [5, 5.41) is 9.54. The van der Waals surface area contributed by atoms with Crippen molar-refractivity contribution < 1.29 is 14.3 Å². The Morgan fingerprint density at radius 2 is 1.90 bits per heavy atom. The summed E-state index contributed by atoms with van der Waals surface area (Å²) in [4.78, 5) is 16.0. The number of ether oxygens (including phenoxy) is 2. The van der Waals surface area contributed by atoms with Gasteiger partial charge in [-0.25, -0.2) is 0 Å². The van der Waals surface area contributed by atoms with Gasteiger partial charge < -0.3 is 25.4 Å². The predicted molar refractivity (Wildman–Crippen MR) is 130 cm³/mol. The van der Waals surface area contributed by atoms with Crippen molar-refractivity contribution in [1.29, 1.82) is 0 Å². The third-order valence-electron chi connectivity index (χ3n) is 4.51. The molecule has 162 valence electrons. The highest BCUT2D eigenvalue weighted by Crippen LogP contribution is 2.32. The van der Waals surface area contributed by atoms with E-state index in [0.717, 1.165) is 48.1 Å². The van der Waals surface area contributed by atoms with E-state index in [1.54, 1.807) is 7.05 Å². The van der Waals surface area contributed by atoms with Crippen LogP contribution in [0, 0.1) is 0 Å². The van der Waals surface area contributed by atoms with Crippen LogP contribution in [0.2, 0.25) is 0 Å². The summed E-state index contributed by atoms with van der Waals surface area (Å²) in [6.45, 7) is 3.63. The van der Waals surface area contributed by atoms with E-state index in [1.165, 1.54) is 5.56 Å². The number of anilines is 1. The van der Waals surface area contributed by atoms with Gasteiger partial charge in [-0.05, 0) is 48.2 Å². The van der Waals surface area contributed by atoms with Gasteiger partial charge in [0.05, 0.1) is 0 Å². The monoisotopic (exact) mass is 524 g/mol. The van der Waals surface area contributed by atoms with Gasteiger partial charge in [-0.2, -0.15) is 0 Å². The average Bonchev–Trinajstić information content (AvgIpc) is 3.19. The number of nitrogens with one attached hydrogen (secondary N) is 3. The molecule has 0 aliphatic carbocycles. The second-order valence-electron chi connectivity index (χ2n) is 6.79. The highest BCUT2D eigenvalue weighted by Gasteiger charge is 2.13. The van der Waals surface area contributed by atoms with E-state index in [9.17, 15) is 4.79 Å². The topological polar surface area (TPSA) is 84.0 Å². The number of carbonyl (C=O) groups excluding carboxylic acids is 1. The van der Waals surface area contributed by atoms with Crippen LogP contribution in [0.3, 0.4) is 0 Å². The molecule has 0 fully saturated rings. The lowest BCUT2D eigenvalue weighted by atomic mass is 10.1. The quantitative estimate of drug-likeness (QED) is 0.279. The van der Waals surface area contributed by atoms with Crippen LogP contribution in [0.1, 0.15) is 30.9 Å². The van der Waals surface area contributed by atoms with Crippen molar-refractivity contribution in [3.8, 4) is 11.5 Å². The fourth-order valence-corrected chi connectivity index (χ4v) is 3.04. The van der Waals surface area contributed by atoms with E-state index in [2.05, 4.69) is 20.9 Å². The first kappa shape index (κ1) is 23.8. The summed E-state index contributed by atoms with van der Waals surface area (Å²) < 4.78 is 10.8. The third-order valence-corrected chi connectivity index (χ3v) is 4.51. The summed E-state index contributed by atoms with van der Waals surface area (Å²) in [5.74, 6) is 2.37. The molecule has 0 atom stereocenters. The van der Waals surface area contributed by atoms with E-state index < -0.39 is 0 Å². The molecule has 3 N–H and O–H groups in total. The Morgan fingerprint density at radius 1 is 1.07 bits per heavy atom. The molecule has 2 aromatic rings. The number of hydrogen-bond donors (Lipinski definition) is 3. The van der Waals surface area contributed by atoms with Gasteiger partial charge in [-0.3, -0.25) is 9.79 Å². The van der Waals surface area contributed by atoms with Crippen LogP contribution in [-0.2, 0) is 17.8 Å². The van der Waals surface area contributed by atoms with Crippen molar-refractivity contribution >= 4 is 41.5 Å². The second kappa shape index (κ2) is 12.3. The van der Waals surface area contributed by atoms with Gasteiger partial charge in [0.15, 0.2) is 17.5 Å². The van der Waals surface area contributed by atoms with Crippen molar-refractivity contribution in [2.75, 3.05) is 25.7 Å². The van der Waals surface area contributed by atoms with Crippen molar-refractivity contribution in [2.45, 2.75) is 32.7 Å². The van der Waals surface area contributed by atoms with Crippen LogP contribution >= 0.6 is 24.0 Å². The van der Waals surface area contributed by atoms with E-state index in [-0.39, 0.29) is 36.7 Å². The molecule has 8 heteroatoms. The molecule has 0 radical (unpaired) electrons. The minimum atomic E-state index is 0. The summed E-state index contributed by atoms with van der Waals surface area (Å²) in [6, 6.07) is 13.8. The lowest BCUT2D eigenvalue weighted by Crippen LogP contribution is -2.37. The van der Waals surface area contributed by atoms with Crippen LogP contribution in [0.15, 0.2) is 47.5 Å². The molecule has 7 nitrogen and oxygen atoms in total. The van der Waals surface area contributed by atoms with Gasteiger partial charge >= 0.3 is 0 Å². The molecule has 1 aliphatic rings. The third kappa shape index (κ3) is 7.08. The molecular formula is C22H29IN4O3. The number of benzene rings is 2. The number of nitrogens with zero attached hydrogens (tertiary/aromatic N) is 1. The standard InChI is InChI=1S/C22H28N4O3.HI/c1-3-5-21(27)26-18-7-4-6-17(12-18)14-25-22(23-2)24-11-10-16-8-9-19-20(13-16)29-15-28-19;/h4,6-9,12-13H,3,5,10-11,14-15H2,1-2H3,(H,26,27)(H2,23,24,25);1H. The molecule has 1 heterocycles. The number of hydrogen-bond acceptors (Lipinski definition) is 4. The van der Waals surface area contributed by atoms with Gasteiger partial charge in [-0.1, -0.05) is 25.1 Å². The lowest BCUT2D eigenvalue weighted by Gasteiger charge is -2.13. The number of halogens is 1. The molecular weight excluding hydrogens is 495 g/mol. The fraction of sp³-hybridized carbons (Fsp3) is 0.364. The van der Waals surface area contributed by atoms with Crippen molar-refractivity contribution in [3.05, 3.63) is 53.6 Å². The molecule has 0 spiro atoms. The van der Waals surface area contributed by atoms with Crippen LogP contribution < -0.4 is 25.4 Å². The number of aliphatic imine (C=N–C) groups is 1. The smallest absolute Gasteiger partial charge is 0.231 e. The van der Waals surface area contributed by atoms with E-state index in [1.807, 2.05) is 49.4 Å². The summed E-state index contributed by atoms with van der Waals surface area (Å²) in [5.41, 5.74) is 3.05. The van der Waals surface area contributed by atoms with Gasteiger partial charge in [0, 0.05) is 32.2 Å². The van der Waals surface area contributed by atoms with Crippen LogP contribution in [0.5, 0.6) is 11.5 Å². The number of fused-ring (bicyclic) bond motifs is 1. The van der Waals surface area contributed by atoms with E-state index >= 15 is 0 Å². The molecule has 1 aliphatic heterocycles. The molecule has 0 unspecified atom stereocenters. The Bertz CT molecular complexity index is 873. The molecule has 1 amide bonds. The minimum absolute atomic E-state index is 0. The van der Waals surface area contributed by atoms with Crippen molar-refractivity contribution in [3.63, 3.8) is 0 Å². The first-order valence-electron chi connectivity index (χ1n) is 9.89. The van der Waals surface area contributed by atoms with Crippen molar-refractivity contribution in [2.24, 2.45) is 4.99 Å². The lowest BCUT2D eigenvalue weighted by molar-refractivity contribution is -0.116. The maximum Gasteiger partial charge on any atom is 0.231 e. The molecule has 0 bridgehead atoms. The van der Waals surface area contributed by atoms with E-state index in [0.29, 0.717) is 13.0 Å². The Morgan fingerprint density at radius 3 is 2.70 bits per heavy atom. The maximum absolute atomic E-state index is 11.8. The van der Waals surface area contributed by atoms with Crippen LogP contribution in [0.4, 0.5) is 5.69 Å². The Balaban J connectivity index is 0.00000320. The summed E-state index contributed by atoms with van der Waals surface area (Å²) in [6.07, 6.45) is 2.21. The highest BCUT2D eigenvalue weighted by molar-refractivity contribution is 14.0. The predicted octanol–water partition coefficient (Wildman–Crippen LogP) is 3.68. The maximum atomic E-state index is 11.8. The molecule has 0 saturated heterocycles.